The largest absolute Gasteiger partial charge is 0.324 e. The maximum Gasteiger partial charge on any atom is 0.193 e. The summed E-state index contributed by atoms with van der Waals surface area (Å²) in [5.74, 6) is 0.0167. The third kappa shape index (κ3) is 2.56. The Morgan fingerprint density at radius 2 is 1.86 bits per heavy atom. The normalized spacial score (nSPS) is 12.3. The van der Waals surface area contributed by atoms with Gasteiger partial charge < -0.3 is 5.73 Å². The molecule has 0 aliphatic rings. The summed E-state index contributed by atoms with van der Waals surface area (Å²) < 4.78 is 0. The molecule has 3 nitrogen and oxygen atoms in total. The number of benzene rings is 2. The van der Waals surface area contributed by atoms with Crippen molar-refractivity contribution in [2.24, 2.45) is 5.73 Å². The van der Waals surface area contributed by atoms with Gasteiger partial charge in [-0.05, 0) is 23.9 Å². The molecule has 0 saturated heterocycles. The maximum absolute atomic E-state index is 12.7. The van der Waals surface area contributed by atoms with E-state index in [4.69, 9.17) is 5.73 Å². The van der Waals surface area contributed by atoms with Gasteiger partial charge in [0.15, 0.2) is 5.78 Å². The second-order valence-electron chi connectivity index (χ2n) is 5.14. The van der Waals surface area contributed by atoms with Crippen LogP contribution in [0.15, 0.2) is 60.9 Å². The van der Waals surface area contributed by atoms with Crippen LogP contribution in [0.1, 0.15) is 34.5 Å². The lowest BCUT2D eigenvalue weighted by Gasteiger charge is -2.08. The zero-order valence-electron chi connectivity index (χ0n) is 11.8. The Hall–Kier alpha value is -2.52. The van der Waals surface area contributed by atoms with Crippen LogP contribution < -0.4 is 5.73 Å². The molecule has 3 heteroatoms. The maximum atomic E-state index is 12.7. The zero-order valence-corrected chi connectivity index (χ0v) is 11.8. The van der Waals surface area contributed by atoms with Crippen molar-refractivity contribution in [1.82, 2.24) is 4.98 Å². The molecule has 0 radical (unpaired) electrons. The molecule has 0 spiro atoms. The average Bonchev–Trinajstić information content (AvgIpc) is 2.53. The first kappa shape index (κ1) is 13.5. The monoisotopic (exact) mass is 276 g/mol. The number of aromatic nitrogens is 1. The van der Waals surface area contributed by atoms with Gasteiger partial charge in [-0.15, -0.1) is 0 Å². The highest BCUT2D eigenvalue weighted by molar-refractivity contribution is 6.16. The molecule has 0 aliphatic carbocycles. The molecular weight excluding hydrogens is 260 g/mol. The molecular formula is C18H16N2O. The Labute approximate surface area is 123 Å². The van der Waals surface area contributed by atoms with Crippen molar-refractivity contribution in [2.75, 3.05) is 0 Å². The van der Waals surface area contributed by atoms with Crippen LogP contribution in [0, 0.1) is 0 Å². The fraction of sp³-hybridized carbons (Fsp3) is 0.111. The number of hydrogen-bond donors (Lipinski definition) is 1. The topological polar surface area (TPSA) is 56.0 Å². The predicted molar refractivity (Wildman–Crippen MR) is 84.2 cm³/mol. The summed E-state index contributed by atoms with van der Waals surface area (Å²) in [6.07, 6.45) is 3.48. The smallest absolute Gasteiger partial charge is 0.193 e. The SMILES string of the molecule is C[C@H](N)c1ccc(C(=O)c2cccc3cnccc23)cc1. The van der Waals surface area contributed by atoms with Gasteiger partial charge in [-0.3, -0.25) is 9.78 Å². The Bertz CT molecular complexity index is 786. The Morgan fingerprint density at radius 1 is 1.10 bits per heavy atom. The standard InChI is InChI=1S/C18H16N2O/c1-12(19)13-5-7-14(8-6-13)18(21)17-4-2-3-15-11-20-10-9-16(15)17/h2-12H,19H2,1H3/t12-/m0/s1. The predicted octanol–water partition coefficient (Wildman–Crippen LogP) is 3.49. The summed E-state index contributed by atoms with van der Waals surface area (Å²) in [7, 11) is 0. The number of carbonyl (C=O) groups is 1. The van der Waals surface area contributed by atoms with Crippen LogP contribution in [0.4, 0.5) is 0 Å². The fourth-order valence-electron chi connectivity index (χ4n) is 2.41. The second-order valence-corrected chi connectivity index (χ2v) is 5.14. The van der Waals surface area contributed by atoms with Crippen molar-refractivity contribution < 1.29 is 4.79 Å². The Kier molecular flexibility index (Phi) is 3.50. The molecule has 1 heterocycles. The lowest BCUT2D eigenvalue weighted by atomic mass is 9.97. The van der Waals surface area contributed by atoms with E-state index in [9.17, 15) is 4.79 Å². The van der Waals surface area contributed by atoms with Gasteiger partial charge >= 0.3 is 0 Å². The number of carbonyl (C=O) groups excluding carboxylic acids is 1. The molecule has 3 rings (SSSR count). The van der Waals surface area contributed by atoms with E-state index in [1.807, 2.05) is 55.5 Å². The van der Waals surface area contributed by atoms with E-state index in [0.29, 0.717) is 11.1 Å². The van der Waals surface area contributed by atoms with Gasteiger partial charge in [0, 0.05) is 34.9 Å². The number of fused-ring (bicyclic) bond motifs is 1. The van der Waals surface area contributed by atoms with Crippen LogP contribution in [-0.4, -0.2) is 10.8 Å². The van der Waals surface area contributed by atoms with Crippen molar-refractivity contribution in [3.63, 3.8) is 0 Å². The summed E-state index contributed by atoms with van der Waals surface area (Å²) >= 11 is 0. The molecule has 21 heavy (non-hydrogen) atoms. The van der Waals surface area contributed by atoms with Gasteiger partial charge in [0.2, 0.25) is 0 Å². The highest BCUT2D eigenvalue weighted by atomic mass is 16.1. The van der Waals surface area contributed by atoms with Crippen molar-refractivity contribution >= 4 is 16.6 Å². The van der Waals surface area contributed by atoms with Crippen LogP contribution in [0.2, 0.25) is 0 Å². The van der Waals surface area contributed by atoms with Crippen LogP contribution >= 0.6 is 0 Å². The van der Waals surface area contributed by atoms with Gasteiger partial charge in [0.05, 0.1) is 0 Å². The zero-order chi connectivity index (χ0) is 14.8. The lowest BCUT2D eigenvalue weighted by molar-refractivity contribution is 0.104. The minimum Gasteiger partial charge on any atom is -0.324 e. The molecule has 0 fully saturated rings. The number of ketones is 1. The molecule has 0 amide bonds. The van der Waals surface area contributed by atoms with Gasteiger partial charge in [-0.1, -0.05) is 42.5 Å². The van der Waals surface area contributed by atoms with Crippen LogP contribution in [-0.2, 0) is 0 Å². The summed E-state index contributed by atoms with van der Waals surface area (Å²) in [5.41, 5.74) is 8.22. The van der Waals surface area contributed by atoms with Crippen LogP contribution in [0.5, 0.6) is 0 Å². The number of nitrogens with two attached hydrogens (primary N) is 1. The van der Waals surface area contributed by atoms with Crippen molar-refractivity contribution in [3.8, 4) is 0 Å². The molecule has 104 valence electrons. The Morgan fingerprint density at radius 3 is 2.57 bits per heavy atom. The van der Waals surface area contributed by atoms with Gasteiger partial charge in [0.25, 0.3) is 0 Å². The number of nitrogens with zero attached hydrogens (tertiary/aromatic N) is 1. The molecule has 2 N–H and O–H groups in total. The first-order valence-electron chi connectivity index (χ1n) is 6.90. The molecule has 2 aromatic carbocycles. The van der Waals surface area contributed by atoms with E-state index in [1.54, 1.807) is 12.4 Å². The van der Waals surface area contributed by atoms with Gasteiger partial charge in [-0.2, -0.15) is 0 Å². The van der Waals surface area contributed by atoms with E-state index in [-0.39, 0.29) is 11.8 Å². The summed E-state index contributed by atoms with van der Waals surface area (Å²) in [6, 6.07) is 15.0. The number of pyridine rings is 1. The molecule has 1 aromatic heterocycles. The van der Waals surface area contributed by atoms with E-state index in [0.717, 1.165) is 16.3 Å². The minimum atomic E-state index is -0.0298. The third-order valence-electron chi connectivity index (χ3n) is 3.62. The molecule has 0 bridgehead atoms. The van der Waals surface area contributed by atoms with Gasteiger partial charge in [0.1, 0.15) is 0 Å². The van der Waals surface area contributed by atoms with E-state index >= 15 is 0 Å². The van der Waals surface area contributed by atoms with Gasteiger partial charge in [-0.25, -0.2) is 0 Å². The van der Waals surface area contributed by atoms with E-state index in [1.165, 1.54) is 0 Å². The molecule has 3 aromatic rings. The molecule has 0 saturated carbocycles. The average molecular weight is 276 g/mol. The Balaban J connectivity index is 2.04. The fourth-order valence-corrected chi connectivity index (χ4v) is 2.41. The van der Waals surface area contributed by atoms with Crippen molar-refractivity contribution in [1.29, 1.82) is 0 Å². The molecule has 0 aliphatic heterocycles. The quantitative estimate of drug-likeness (QED) is 0.745. The summed E-state index contributed by atoms with van der Waals surface area (Å²) in [5, 5.41) is 1.89. The summed E-state index contributed by atoms with van der Waals surface area (Å²) in [6.45, 7) is 1.93. The number of hydrogen-bond acceptors (Lipinski definition) is 3. The first-order chi connectivity index (χ1) is 10.2. The number of rotatable bonds is 3. The van der Waals surface area contributed by atoms with E-state index < -0.39 is 0 Å². The van der Waals surface area contributed by atoms with E-state index in [2.05, 4.69) is 4.98 Å². The van der Waals surface area contributed by atoms with Crippen molar-refractivity contribution in [3.05, 3.63) is 77.6 Å². The first-order valence-corrected chi connectivity index (χ1v) is 6.90. The van der Waals surface area contributed by atoms with Crippen molar-refractivity contribution in [2.45, 2.75) is 13.0 Å². The molecule has 1 atom stereocenters. The minimum absolute atomic E-state index is 0.0167. The lowest BCUT2D eigenvalue weighted by Crippen LogP contribution is -2.06. The summed E-state index contributed by atoms with van der Waals surface area (Å²) in [4.78, 5) is 16.8. The third-order valence-corrected chi connectivity index (χ3v) is 3.62. The highest BCUT2D eigenvalue weighted by Crippen LogP contribution is 2.21. The van der Waals surface area contributed by atoms with Crippen LogP contribution in [0.3, 0.4) is 0 Å². The second kappa shape index (κ2) is 5.46. The van der Waals surface area contributed by atoms with Crippen LogP contribution in [0.25, 0.3) is 10.8 Å². The highest BCUT2D eigenvalue weighted by Gasteiger charge is 2.12. The molecule has 0 unspecified atom stereocenters.